The van der Waals surface area contributed by atoms with Gasteiger partial charge in [-0.25, -0.2) is 4.98 Å². The van der Waals surface area contributed by atoms with Gasteiger partial charge in [-0.05, 0) is 28.3 Å². The lowest BCUT2D eigenvalue weighted by atomic mass is 10.0. The summed E-state index contributed by atoms with van der Waals surface area (Å²) in [6.45, 7) is 0. The number of hydrogen-bond donors (Lipinski definition) is 0. The lowest BCUT2D eigenvalue weighted by Gasteiger charge is -2.10. The van der Waals surface area contributed by atoms with Crippen molar-refractivity contribution >= 4 is 15.9 Å². The molecule has 2 nitrogen and oxygen atoms in total. The first-order valence-corrected chi connectivity index (χ1v) is 6.39. The Balaban J connectivity index is 2.17. The number of rotatable bonds is 3. The zero-order valence-corrected chi connectivity index (χ0v) is 10.9. The van der Waals surface area contributed by atoms with E-state index in [1.54, 1.807) is 7.11 Å². The third kappa shape index (κ3) is 2.54. The fraction of sp³-hybridized carbons (Fsp3) is 0.583. The molecule has 0 saturated heterocycles. The molecule has 0 aromatic carbocycles. The summed E-state index contributed by atoms with van der Waals surface area (Å²) < 4.78 is 18.9. The smallest absolute Gasteiger partial charge is 0.231 e. The molecule has 0 N–H and O–H groups in total. The zero-order valence-electron chi connectivity index (χ0n) is 9.30. The molecule has 0 atom stereocenters. The quantitative estimate of drug-likeness (QED) is 0.791. The number of halogens is 2. The highest BCUT2D eigenvalue weighted by Gasteiger charge is 2.18. The molecule has 0 amide bonds. The van der Waals surface area contributed by atoms with E-state index in [1.807, 2.05) is 6.07 Å². The molecule has 1 aliphatic carbocycles. The van der Waals surface area contributed by atoms with Gasteiger partial charge in [0.05, 0.1) is 7.11 Å². The SMILES string of the molecule is COc1cc(CC2CCCC2)nc(F)c1Br. The normalized spacial score (nSPS) is 16.7. The zero-order chi connectivity index (χ0) is 11.5. The molecule has 88 valence electrons. The Morgan fingerprint density at radius 3 is 2.81 bits per heavy atom. The van der Waals surface area contributed by atoms with Gasteiger partial charge in [-0.15, -0.1) is 0 Å². The van der Waals surface area contributed by atoms with Gasteiger partial charge in [-0.3, -0.25) is 0 Å². The van der Waals surface area contributed by atoms with Crippen molar-refractivity contribution in [3.05, 3.63) is 22.2 Å². The monoisotopic (exact) mass is 287 g/mol. The standard InChI is InChI=1S/C12H15BrFNO/c1-16-10-7-9(15-12(14)11(10)13)6-8-4-2-3-5-8/h7-8H,2-6H2,1H3. The maximum absolute atomic E-state index is 13.5. The van der Waals surface area contributed by atoms with Gasteiger partial charge in [-0.2, -0.15) is 4.39 Å². The van der Waals surface area contributed by atoms with Crippen LogP contribution in [0, 0.1) is 11.9 Å². The Morgan fingerprint density at radius 1 is 1.50 bits per heavy atom. The first-order chi connectivity index (χ1) is 7.70. The lowest BCUT2D eigenvalue weighted by Crippen LogP contribution is -2.03. The Bertz CT molecular complexity index is 378. The van der Waals surface area contributed by atoms with Crippen LogP contribution < -0.4 is 4.74 Å². The van der Waals surface area contributed by atoms with Crippen LogP contribution in [0.1, 0.15) is 31.4 Å². The molecule has 1 aromatic heterocycles. The van der Waals surface area contributed by atoms with E-state index < -0.39 is 5.95 Å². The fourth-order valence-corrected chi connectivity index (χ4v) is 2.65. The second-order valence-corrected chi connectivity index (χ2v) is 5.07. The fourth-order valence-electron chi connectivity index (χ4n) is 2.29. The maximum Gasteiger partial charge on any atom is 0.231 e. The highest BCUT2D eigenvalue weighted by atomic mass is 79.9. The molecule has 1 aliphatic rings. The summed E-state index contributed by atoms with van der Waals surface area (Å²) in [6.07, 6.45) is 5.92. The number of hydrogen-bond acceptors (Lipinski definition) is 2. The minimum atomic E-state index is -0.479. The highest BCUT2D eigenvalue weighted by Crippen LogP contribution is 2.31. The first-order valence-electron chi connectivity index (χ1n) is 5.59. The molecule has 1 saturated carbocycles. The average molecular weight is 288 g/mol. The van der Waals surface area contributed by atoms with Gasteiger partial charge < -0.3 is 4.74 Å². The maximum atomic E-state index is 13.5. The van der Waals surface area contributed by atoms with Gasteiger partial charge in [0.2, 0.25) is 5.95 Å². The number of nitrogens with zero attached hydrogens (tertiary/aromatic N) is 1. The van der Waals surface area contributed by atoms with Crippen molar-refractivity contribution in [1.29, 1.82) is 0 Å². The van der Waals surface area contributed by atoms with Gasteiger partial charge in [-0.1, -0.05) is 25.7 Å². The van der Waals surface area contributed by atoms with Crippen LogP contribution in [-0.2, 0) is 6.42 Å². The summed E-state index contributed by atoms with van der Waals surface area (Å²) in [6, 6.07) is 1.82. The third-order valence-corrected chi connectivity index (χ3v) is 3.85. The van der Waals surface area contributed by atoms with Crippen molar-refractivity contribution in [1.82, 2.24) is 4.98 Å². The minimum Gasteiger partial charge on any atom is -0.495 e. The van der Waals surface area contributed by atoms with Crippen molar-refractivity contribution in [3.8, 4) is 5.75 Å². The van der Waals surface area contributed by atoms with E-state index >= 15 is 0 Å². The van der Waals surface area contributed by atoms with E-state index in [0.717, 1.165) is 12.1 Å². The van der Waals surface area contributed by atoms with E-state index in [2.05, 4.69) is 20.9 Å². The molecule has 0 spiro atoms. The first kappa shape index (κ1) is 11.8. The van der Waals surface area contributed by atoms with Gasteiger partial charge in [0.1, 0.15) is 10.2 Å². The molecule has 0 radical (unpaired) electrons. The Morgan fingerprint density at radius 2 is 2.19 bits per heavy atom. The minimum absolute atomic E-state index is 0.310. The average Bonchev–Trinajstić information content (AvgIpc) is 2.76. The molecule has 0 aliphatic heterocycles. The van der Waals surface area contributed by atoms with Crippen molar-refractivity contribution in [2.24, 2.45) is 5.92 Å². The second-order valence-electron chi connectivity index (χ2n) is 4.28. The Kier molecular flexibility index (Phi) is 3.79. The molecular formula is C12H15BrFNO. The molecule has 1 aromatic rings. The van der Waals surface area contributed by atoms with Crippen molar-refractivity contribution in [3.63, 3.8) is 0 Å². The van der Waals surface area contributed by atoms with E-state index in [0.29, 0.717) is 16.1 Å². The van der Waals surface area contributed by atoms with Crippen molar-refractivity contribution in [2.45, 2.75) is 32.1 Å². The number of pyridine rings is 1. The van der Waals surface area contributed by atoms with E-state index in [-0.39, 0.29) is 0 Å². The molecular weight excluding hydrogens is 273 g/mol. The van der Waals surface area contributed by atoms with E-state index in [9.17, 15) is 4.39 Å². The second kappa shape index (κ2) is 5.13. The van der Waals surface area contributed by atoms with Gasteiger partial charge >= 0.3 is 0 Å². The summed E-state index contributed by atoms with van der Waals surface area (Å²) in [5, 5.41) is 0. The van der Waals surface area contributed by atoms with Gasteiger partial charge in [0.15, 0.2) is 0 Å². The Labute approximate surface area is 103 Å². The van der Waals surface area contributed by atoms with Crippen LogP contribution in [0.2, 0.25) is 0 Å². The molecule has 1 fully saturated rings. The topological polar surface area (TPSA) is 22.1 Å². The van der Waals surface area contributed by atoms with E-state index in [4.69, 9.17) is 4.74 Å². The number of methoxy groups -OCH3 is 1. The lowest BCUT2D eigenvalue weighted by molar-refractivity contribution is 0.402. The van der Waals surface area contributed by atoms with Gasteiger partial charge in [0, 0.05) is 11.8 Å². The van der Waals surface area contributed by atoms with Crippen LogP contribution in [0.15, 0.2) is 10.5 Å². The van der Waals surface area contributed by atoms with Crippen LogP contribution in [0.25, 0.3) is 0 Å². The van der Waals surface area contributed by atoms with Crippen molar-refractivity contribution < 1.29 is 9.13 Å². The molecule has 16 heavy (non-hydrogen) atoms. The van der Waals surface area contributed by atoms with Crippen LogP contribution >= 0.6 is 15.9 Å². The highest BCUT2D eigenvalue weighted by molar-refractivity contribution is 9.10. The summed E-state index contributed by atoms with van der Waals surface area (Å²) in [5.74, 6) is 0.714. The molecule has 2 rings (SSSR count). The largest absolute Gasteiger partial charge is 0.495 e. The van der Waals surface area contributed by atoms with E-state index in [1.165, 1.54) is 25.7 Å². The third-order valence-electron chi connectivity index (χ3n) is 3.13. The van der Waals surface area contributed by atoms with Crippen LogP contribution in [0.4, 0.5) is 4.39 Å². The summed E-state index contributed by atoms with van der Waals surface area (Å²) in [7, 11) is 1.54. The molecule has 0 bridgehead atoms. The van der Waals surface area contributed by atoms with Gasteiger partial charge in [0.25, 0.3) is 0 Å². The predicted octanol–water partition coefficient (Wildman–Crippen LogP) is 3.72. The molecule has 4 heteroatoms. The molecule has 0 unspecified atom stereocenters. The summed E-state index contributed by atoms with van der Waals surface area (Å²) in [4.78, 5) is 3.95. The summed E-state index contributed by atoms with van der Waals surface area (Å²) in [5.41, 5.74) is 0.796. The summed E-state index contributed by atoms with van der Waals surface area (Å²) >= 11 is 3.12. The van der Waals surface area contributed by atoms with Crippen LogP contribution in [0.5, 0.6) is 5.75 Å². The molecule has 1 heterocycles. The van der Waals surface area contributed by atoms with Crippen molar-refractivity contribution in [2.75, 3.05) is 7.11 Å². The predicted molar refractivity (Wildman–Crippen MR) is 64.1 cm³/mol. The van der Waals surface area contributed by atoms with Crippen LogP contribution in [-0.4, -0.2) is 12.1 Å². The van der Waals surface area contributed by atoms with Crippen LogP contribution in [0.3, 0.4) is 0 Å². The number of ether oxygens (including phenoxy) is 1. The Hall–Kier alpha value is -0.640. The number of aromatic nitrogens is 1.